The number of pyridine rings is 1. The number of halogens is 2. The van der Waals surface area contributed by atoms with Crippen molar-refractivity contribution in [3.05, 3.63) is 47.2 Å². The van der Waals surface area contributed by atoms with Crippen LogP contribution in [0, 0.1) is 5.82 Å². The fourth-order valence-corrected chi connectivity index (χ4v) is 3.40. The molecule has 1 aromatic carbocycles. The number of aromatic nitrogens is 2. The van der Waals surface area contributed by atoms with E-state index in [1.54, 1.807) is 18.3 Å². The normalized spacial score (nSPS) is 18.2. The molecule has 1 unspecified atom stereocenters. The highest BCUT2D eigenvalue weighted by Gasteiger charge is 2.27. The first-order valence-corrected chi connectivity index (χ1v) is 8.20. The summed E-state index contributed by atoms with van der Waals surface area (Å²) >= 11 is 6.26. The van der Waals surface area contributed by atoms with Crippen molar-refractivity contribution in [1.82, 2.24) is 9.97 Å². The summed E-state index contributed by atoms with van der Waals surface area (Å²) in [6.45, 7) is 1.60. The average Bonchev–Trinajstić information content (AvgIpc) is 3.00. The van der Waals surface area contributed by atoms with E-state index in [4.69, 9.17) is 21.8 Å². The quantitative estimate of drug-likeness (QED) is 0.760. The molecule has 0 amide bonds. The molecule has 2 aromatic heterocycles. The van der Waals surface area contributed by atoms with E-state index in [-0.39, 0.29) is 11.7 Å². The summed E-state index contributed by atoms with van der Waals surface area (Å²) < 4.78 is 19.1. The minimum atomic E-state index is -0.325. The van der Waals surface area contributed by atoms with Gasteiger partial charge in [0, 0.05) is 31.4 Å². The maximum atomic E-state index is 13.3. The number of anilines is 2. The molecule has 124 valence electrons. The second-order valence-electron chi connectivity index (χ2n) is 6.01. The van der Waals surface area contributed by atoms with E-state index in [9.17, 15) is 4.39 Å². The number of hydrogen-bond acceptors (Lipinski definition) is 5. The maximum absolute atomic E-state index is 13.3. The molecule has 4 rings (SSSR count). The lowest BCUT2D eigenvalue weighted by Crippen LogP contribution is -2.34. The first-order chi connectivity index (χ1) is 11.6. The molecule has 0 spiro atoms. The van der Waals surface area contributed by atoms with Crippen molar-refractivity contribution in [2.24, 2.45) is 0 Å². The van der Waals surface area contributed by atoms with Gasteiger partial charge in [0.25, 0.3) is 0 Å². The molecule has 1 atom stereocenters. The highest BCUT2D eigenvalue weighted by atomic mass is 35.5. The number of nitrogens with zero attached hydrogens (tertiary/aromatic N) is 3. The molecule has 0 saturated carbocycles. The van der Waals surface area contributed by atoms with Gasteiger partial charge in [0.15, 0.2) is 11.5 Å². The van der Waals surface area contributed by atoms with E-state index < -0.39 is 0 Å². The summed E-state index contributed by atoms with van der Waals surface area (Å²) in [5.41, 5.74) is 7.81. The molecule has 3 aromatic rings. The van der Waals surface area contributed by atoms with Crippen LogP contribution in [-0.2, 0) is 0 Å². The van der Waals surface area contributed by atoms with Crippen LogP contribution < -0.4 is 10.6 Å². The minimum absolute atomic E-state index is 0.125. The highest BCUT2D eigenvalue weighted by Crippen LogP contribution is 2.34. The molecule has 0 bridgehead atoms. The van der Waals surface area contributed by atoms with Gasteiger partial charge in [-0.05, 0) is 25.0 Å². The molecule has 0 radical (unpaired) electrons. The Hall–Kier alpha value is -2.34. The zero-order valence-electron chi connectivity index (χ0n) is 12.9. The van der Waals surface area contributed by atoms with E-state index in [0.717, 1.165) is 31.6 Å². The number of nitrogens with two attached hydrogens (primary N) is 1. The monoisotopic (exact) mass is 346 g/mol. The molecule has 7 heteroatoms. The molecular formula is C17H16ClFN4O. The number of hydrogen-bond donors (Lipinski definition) is 1. The van der Waals surface area contributed by atoms with Crippen molar-refractivity contribution in [2.45, 2.75) is 18.8 Å². The third-order valence-corrected chi connectivity index (χ3v) is 4.63. The lowest BCUT2D eigenvalue weighted by molar-refractivity contribution is 0.413. The van der Waals surface area contributed by atoms with Crippen molar-refractivity contribution < 1.29 is 8.81 Å². The minimum Gasteiger partial charge on any atom is -0.440 e. The molecule has 1 saturated heterocycles. The Kier molecular flexibility index (Phi) is 3.76. The van der Waals surface area contributed by atoms with Gasteiger partial charge in [-0.3, -0.25) is 0 Å². The van der Waals surface area contributed by atoms with Gasteiger partial charge in [-0.25, -0.2) is 14.4 Å². The van der Waals surface area contributed by atoms with Gasteiger partial charge in [-0.1, -0.05) is 11.6 Å². The van der Waals surface area contributed by atoms with Gasteiger partial charge < -0.3 is 15.1 Å². The number of oxazole rings is 1. The van der Waals surface area contributed by atoms with E-state index in [1.165, 1.54) is 12.1 Å². The first-order valence-electron chi connectivity index (χ1n) is 7.82. The Morgan fingerprint density at radius 1 is 1.33 bits per heavy atom. The van der Waals surface area contributed by atoms with Crippen LogP contribution in [0.15, 0.2) is 34.9 Å². The van der Waals surface area contributed by atoms with Crippen LogP contribution in [0.1, 0.15) is 24.7 Å². The third-order valence-electron chi connectivity index (χ3n) is 4.33. The molecule has 1 fully saturated rings. The van der Waals surface area contributed by atoms with Crippen LogP contribution >= 0.6 is 11.6 Å². The van der Waals surface area contributed by atoms with Crippen molar-refractivity contribution >= 4 is 34.2 Å². The van der Waals surface area contributed by atoms with E-state index >= 15 is 0 Å². The number of fused-ring (bicyclic) bond motifs is 1. The molecule has 5 nitrogen and oxygen atoms in total. The molecule has 2 N–H and O–H groups in total. The van der Waals surface area contributed by atoms with Crippen LogP contribution in [0.25, 0.3) is 11.1 Å². The van der Waals surface area contributed by atoms with Gasteiger partial charge in [0.1, 0.15) is 17.2 Å². The molecule has 1 aliphatic rings. The van der Waals surface area contributed by atoms with Crippen LogP contribution in [0.2, 0.25) is 5.02 Å². The van der Waals surface area contributed by atoms with Crippen LogP contribution in [-0.4, -0.2) is 23.1 Å². The fourth-order valence-electron chi connectivity index (χ4n) is 3.17. The zero-order chi connectivity index (χ0) is 16.7. The number of piperidine rings is 1. The van der Waals surface area contributed by atoms with Gasteiger partial charge >= 0.3 is 0 Å². The molecule has 1 aliphatic heterocycles. The Bertz CT molecular complexity index is 897. The molecule has 0 aliphatic carbocycles. The van der Waals surface area contributed by atoms with Crippen molar-refractivity contribution in [1.29, 1.82) is 0 Å². The molecule has 3 heterocycles. The molecule has 24 heavy (non-hydrogen) atoms. The SMILES string of the molecule is Nc1cc(N2CCCC(c3nc4ccc(F)cc4o3)C2)c(Cl)cn1. The highest BCUT2D eigenvalue weighted by molar-refractivity contribution is 6.33. The van der Waals surface area contributed by atoms with E-state index in [2.05, 4.69) is 14.9 Å². The lowest BCUT2D eigenvalue weighted by atomic mass is 9.97. The summed E-state index contributed by atoms with van der Waals surface area (Å²) in [6.07, 6.45) is 3.51. The first kappa shape index (κ1) is 15.2. The van der Waals surface area contributed by atoms with Gasteiger partial charge in [-0.2, -0.15) is 0 Å². The van der Waals surface area contributed by atoms with Gasteiger partial charge in [0.05, 0.1) is 16.6 Å². The Balaban J connectivity index is 1.63. The average molecular weight is 347 g/mol. The van der Waals surface area contributed by atoms with Crippen LogP contribution in [0.3, 0.4) is 0 Å². The second kappa shape index (κ2) is 5.94. The number of nitrogen functional groups attached to an aromatic ring is 1. The standard InChI is InChI=1S/C17H16ClFN4O/c18-12-8-21-16(20)7-14(12)23-5-1-2-10(9-23)17-22-13-4-3-11(19)6-15(13)24-17/h3-4,6-8,10H,1-2,5,9H2,(H2,20,21). The summed E-state index contributed by atoms with van der Waals surface area (Å²) in [7, 11) is 0. The predicted molar refractivity (Wildman–Crippen MR) is 91.8 cm³/mol. The Morgan fingerprint density at radius 2 is 2.21 bits per heavy atom. The zero-order valence-corrected chi connectivity index (χ0v) is 13.6. The second-order valence-corrected chi connectivity index (χ2v) is 6.42. The summed E-state index contributed by atoms with van der Waals surface area (Å²) in [6, 6.07) is 6.18. The Morgan fingerprint density at radius 3 is 3.08 bits per heavy atom. The topological polar surface area (TPSA) is 68.2 Å². The summed E-state index contributed by atoms with van der Waals surface area (Å²) in [5.74, 6) is 0.876. The van der Waals surface area contributed by atoms with Crippen molar-refractivity contribution in [2.75, 3.05) is 23.7 Å². The fraction of sp³-hybridized carbons (Fsp3) is 0.294. The summed E-state index contributed by atoms with van der Waals surface area (Å²) in [4.78, 5) is 10.7. The van der Waals surface area contributed by atoms with Crippen molar-refractivity contribution in [3.63, 3.8) is 0 Å². The van der Waals surface area contributed by atoms with E-state index in [0.29, 0.717) is 27.8 Å². The van der Waals surface area contributed by atoms with Gasteiger partial charge in [-0.15, -0.1) is 0 Å². The number of benzene rings is 1. The Labute approximate surface area is 143 Å². The van der Waals surface area contributed by atoms with Crippen LogP contribution in [0.4, 0.5) is 15.9 Å². The van der Waals surface area contributed by atoms with Crippen molar-refractivity contribution in [3.8, 4) is 0 Å². The molecular weight excluding hydrogens is 331 g/mol. The number of rotatable bonds is 2. The van der Waals surface area contributed by atoms with Gasteiger partial charge in [0.2, 0.25) is 0 Å². The summed E-state index contributed by atoms with van der Waals surface area (Å²) in [5, 5.41) is 0.574. The lowest BCUT2D eigenvalue weighted by Gasteiger charge is -2.33. The largest absolute Gasteiger partial charge is 0.440 e. The smallest absolute Gasteiger partial charge is 0.200 e. The third kappa shape index (κ3) is 2.78. The van der Waals surface area contributed by atoms with E-state index in [1.807, 2.05) is 0 Å². The maximum Gasteiger partial charge on any atom is 0.200 e. The predicted octanol–water partition coefficient (Wildman–Crippen LogP) is 3.98. The van der Waals surface area contributed by atoms with Crippen LogP contribution in [0.5, 0.6) is 0 Å².